The summed E-state index contributed by atoms with van der Waals surface area (Å²) in [5.41, 5.74) is 1.44. The van der Waals surface area contributed by atoms with Gasteiger partial charge in [0.25, 0.3) is 0 Å². The highest BCUT2D eigenvalue weighted by Gasteiger charge is 2.32. The van der Waals surface area contributed by atoms with Crippen molar-refractivity contribution in [1.29, 1.82) is 0 Å². The van der Waals surface area contributed by atoms with Crippen molar-refractivity contribution in [3.63, 3.8) is 0 Å². The number of carbonyl (C=O) groups excluding carboxylic acids is 1. The van der Waals surface area contributed by atoms with Crippen LogP contribution in [0, 0.1) is 0 Å². The second kappa shape index (κ2) is 5.19. The SMILES string of the molecule is COc1c(O)c(O)cc2c1c(C(=O)c1ccccc1)c1n2CCO1. The molecule has 1 aliphatic rings. The van der Waals surface area contributed by atoms with Gasteiger partial charge in [-0.15, -0.1) is 0 Å². The molecule has 3 aromatic rings. The number of nitrogens with zero attached hydrogens (tertiary/aromatic N) is 1. The lowest BCUT2D eigenvalue weighted by atomic mass is 10.0. The quantitative estimate of drug-likeness (QED) is 0.571. The summed E-state index contributed by atoms with van der Waals surface area (Å²) < 4.78 is 12.7. The van der Waals surface area contributed by atoms with Crippen LogP contribution in [0.25, 0.3) is 10.9 Å². The Balaban J connectivity index is 2.08. The van der Waals surface area contributed by atoms with E-state index in [2.05, 4.69) is 0 Å². The molecule has 0 aliphatic carbocycles. The van der Waals surface area contributed by atoms with Gasteiger partial charge < -0.3 is 24.3 Å². The number of hydrogen-bond acceptors (Lipinski definition) is 5. The van der Waals surface area contributed by atoms with Gasteiger partial charge in [0, 0.05) is 11.6 Å². The summed E-state index contributed by atoms with van der Waals surface area (Å²) in [6.45, 7) is 1.01. The van der Waals surface area contributed by atoms with E-state index in [9.17, 15) is 15.0 Å². The number of aromatic hydroxyl groups is 2. The Morgan fingerprint density at radius 3 is 2.71 bits per heavy atom. The molecule has 1 aromatic heterocycles. The van der Waals surface area contributed by atoms with Crippen molar-refractivity contribution in [2.24, 2.45) is 0 Å². The summed E-state index contributed by atoms with van der Waals surface area (Å²) >= 11 is 0. The first kappa shape index (κ1) is 14.4. The molecule has 0 amide bonds. The van der Waals surface area contributed by atoms with E-state index in [1.165, 1.54) is 13.2 Å². The third kappa shape index (κ3) is 1.86. The van der Waals surface area contributed by atoms with Crippen LogP contribution in [0.15, 0.2) is 36.4 Å². The van der Waals surface area contributed by atoms with E-state index in [0.29, 0.717) is 41.1 Å². The zero-order valence-corrected chi connectivity index (χ0v) is 12.9. The van der Waals surface area contributed by atoms with Gasteiger partial charge in [-0.05, 0) is 0 Å². The van der Waals surface area contributed by atoms with E-state index in [4.69, 9.17) is 9.47 Å². The molecular formula is C18H15NO5. The highest BCUT2D eigenvalue weighted by molar-refractivity contribution is 6.20. The largest absolute Gasteiger partial charge is 0.504 e. The average Bonchev–Trinajstić information content (AvgIpc) is 3.18. The highest BCUT2D eigenvalue weighted by atomic mass is 16.5. The van der Waals surface area contributed by atoms with E-state index < -0.39 is 5.75 Å². The van der Waals surface area contributed by atoms with Crippen molar-refractivity contribution in [3.8, 4) is 23.1 Å². The van der Waals surface area contributed by atoms with Gasteiger partial charge in [0.2, 0.25) is 11.6 Å². The molecule has 122 valence electrons. The van der Waals surface area contributed by atoms with Crippen molar-refractivity contribution < 1.29 is 24.5 Å². The minimum atomic E-state index is -0.392. The van der Waals surface area contributed by atoms with Crippen LogP contribution in [0.3, 0.4) is 0 Å². The van der Waals surface area contributed by atoms with Gasteiger partial charge in [0.05, 0.1) is 30.1 Å². The van der Waals surface area contributed by atoms with Gasteiger partial charge in [0.1, 0.15) is 6.61 Å². The summed E-state index contributed by atoms with van der Waals surface area (Å²) in [5.74, 6) is -0.418. The number of fused-ring (bicyclic) bond motifs is 3. The molecule has 4 rings (SSSR count). The van der Waals surface area contributed by atoms with Crippen molar-refractivity contribution in [2.75, 3.05) is 13.7 Å². The summed E-state index contributed by atoms with van der Waals surface area (Å²) in [4.78, 5) is 13.1. The van der Waals surface area contributed by atoms with Crippen LogP contribution in [-0.4, -0.2) is 34.3 Å². The number of carbonyl (C=O) groups is 1. The van der Waals surface area contributed by atoms with E-state index in [1.54, 1.807) is 24.3 Å². The molecule has 0 unspecified atom stereocenters. The molecule has 0 radical (unpaired) electrons. The number of hydrogen-bond donors (Lipinski definition) is 2. The van der Waals surface area contributed by atoms with Crippen LogP contribution in [-0.2, 0) is 6.54 Å². The predicted molar refractivity (Wildman–Crippen MR) is 87.2 cm³/mol. The summed E-state index contributed by atoms with van der Waals surface area (Å²) in [6, 6.07) is 10.3. The number of rotatable bonds is 3. The van der Waals surface area contributed by atoms with Crippen molar-refractivity contribution in [3.05, 3.63) is 47.5 Å². The molecule has 24 heavy (non-hydrogen) atoms. The van der Waals surface area contributed by atoms with Crippen LogP contribution in [0.5, 0.6) is 23.1 Å². The fourth-order valence-corrected chi connectivity index (χ4v) is 3.18. The lowest BCUT2D eigenvalue weighted by Crippen LogP contribution is -2.03. The smallest absolute Gasteiger partial charge is 0.206 e. The Labute approximate surface area is 137 Å². The standard InChI is InChI=1S/C18H15NO5/c1-23-17-13-11(9-12(20)16(17)22)19-7-8-24-18(19)14(13)15(21)10-5-3-2-4-6-10/h2-6,9,20,22H,7-8H2,1H3. The Bertz CT molecular complexity index is 959. The number of methoxy groups -OCH3 is 1. The van der Waals surface area contributed by atoms with Crippen LogP contribution in [0.1, 0.15) is 15.9 Å². The molecule has 0 atom stereocenters. The maximum Gasteiger partial charge on any atom is 0.206 e. The first-order valence-electron chi connectivity index (χ1n) is 7.51. The average molecular weight is 325 g/mol. The third-order valence-corrected chi connectivity index (χ3v) is 4.23. The summed E-state index contributed by atoms with van der Waals surface area (Å²) in [7, 11) is 1.38. The fraction of sp³-hybridized carbons (Fsp3) is 0.167. The van der Waals surface area contributed by atoms with Gasteiger partial charge in [-0.2, -0.15) is 0 Å². The lowest BCUT2D eigenvalue weighted by Gasteiger charge is -2.09. The first-order valence-corrected chi connectivity index (χ1v) is 7.51. The molecule has 6 heteroatoms. The van der Waals surface area contributed by atoms with E-state index in [-0.39, 0.29) is 17.3 Å². The molecule has 2 aromatic carbocycles. The molecular weight excluding hydrogens is 310 g/mol. The lowest BCUT2D eigenvalue weighted by molar-refractivity contribution is 0.103. The Hall–Kier alpha value is -3.15. The van der Waals surface area contributed by atoms with Gasteiger partial charge in [-0.25, -0.2) is 0 Å². The van der Waals surface area contributed by atoms with E-state index in [1.807, 2.05) is 10.6 Å². The van der Waals surface area contributed by atoms with Gasteiger partial charge >= 0.3 is 0 Å². The zero-order valence-electron chi connectivity index (χ0n) is 12.9. The topological polar surface area (TPSA) is 80.9 Å². The minimum Gasteiger partial charge on any atom is -0.504 e. The summed E-state index contributed by atoms with van der Waals surface area (Å²) in [5, 5.41) is 20.5. The molecule has 1 aliphatic heterocycles. The van der Waals surface area contributed by atoms with Crippen LogP contribution >= 0.6 is 0 Å². The van der Waals surface area contributed by atoms with Gasteiger partial charge in [-0.1, -0.05) is 30.3 Å². The van der Waals surface area contributed by atoms with Gasteiger partial charge in [-0.3, -0.25) is 4.79 Å². The van der Waals surface area contributed by atoms with Gasteiger partial charge in [0.15, 0.2) is 17.3 Å². The molecule has 2 heterocycles. The maximum atomic E-state index is 13.1. The molecule has 2 N–H and O–H groups in total. The summed E-state index contributed by atoms with van der Waals surface area (Å²) in [6.07, 6.45) is 0. The molecule has 0 saturated heterocycles. The molecule has 0 saturated carbocycles. The number of phenolic OH excluding ortho intramolecular Hbond substituents is 2. The van der Waals surface area contributed by atoms with E-state index in [0.717, 1.165) is 0 Å². The highest BCUT2D eigenvalue weighted by Crippen LogP contribution is 2.48. The maximum absolute atomic E-state index is 13.1. The molecule has 6 nitrogen and oxygen atoms in total. The molecule has 0 spiro atoms. The Morgan fingerprint density at radius 1 is 1.25 bits per heavy atom. The Kier molecular flexibility index (Phi) is 3.13. The first-order chi connectivity index (χ1) is 11.6. The number of benzene rings is 2. The second-order valence-electron chi connectivity index (χ2n) is 5.55. The predicted octanol–water partition coefficient (Wildman–Crippen LogP) is 2.68. The van der Waals surface area contributed by atoms with Crippen molar-refractivity contribution >= 4 is 16.7 Å². The van der Waals surface area contributed by atoms with E-state index >= 15 is 0 Å². The monoisotopic (exact) mass is 325 g/mol. The third-order valence-electron chi connectivity index (χ3n) is 4.23. The number of aromatic nitrogens is 1. The normalized spacial score (nSPS) is 12.9. The Morgan fingerprint density at radius 2 is 2.00 bits per heavy atom. The minimum absolute atomic E-state index is 0.0646. The number of ketones is 1. The van der Waals surface area contributed by atoms with Crippen molar-refractivity contribution in [1.82, 2.24) is 4.57 Å². The van der Waals surface area contributed by atoms with Crippen LogP contribution < -0.4 is 9.47 Å². The molecule has 0 bridgehead atoms. The van der Waals surface area contributed by atoms with Crippen LogP contribution in [0.2, 0.25) is 0 Å². The number of phenols is 2. The zero-order chi connectivity index (χ0) is 16.8. The second-order valence-corrected chi connectivity index (χ2v) is 5.55. The van der Waals surface area contributed by atoms with Crippen molar-refractivity contribution in [2.45, 2.75) is 6.54 Å². The molecule has 0 fully saturated rings. The number of ether oxygens (including phenoxy) is 2. The van der Waals surface area contributed by atoms with Crippen LogP contribution in [0.4, 0.5) is 0 Å². The fourth-order valence-electron chi connectivity index (χ4n) is 3.18.